The van der Waals surface area contributed by atoms with Gasteiger partial charge in [-0.3, -0.25) is 19.6 Å². The van der Waals surface area contributed by atoms with Gasteiger partial charge in [0.15, 0.2) is 0 Å². The van der Waals surface area contributed by atoms with Gasteiger partial charge in [0, 0.05) is 18.2 Å². The first-order valence-electron chi connectivity index (χ1n) is 8.43. The molecule has 0 bridgehead atoms. The number of aromatic amines is 1. The van der Waals surface area contributed by atoms with Crippen LogP contribution in [0.2, 0.25) is 0 Å². The van der Waals surface area contributed by atoms with Gasteiger partial charge in [0.25, 0.3) is 5.91 Å². The van der Waals surface area contributed by atoms with Gasteiger partial charge in [-0.25, -0.2) is 0 Å². The van der Waals surface area contributed by atoms with Crippen molar-refractivity contribution in [2.24, 2.45) is 5.73 Å². The standard InChI is InChI=1S/C17H23N5O3/c1-11(15-5-3-7-25-15)19-16(23)10-22-6-2-4-12(9-22)13-8-14(17(18)24)21-20-13/h3,5,7-8,11-12H,2,4,6,9-10H2,1H3,(H2,18,24)(H,19,23)(H,20,21)/t11-,12+/m0/s1. The monoisotopic (exact) mass is 345 g/mol. The molecule has 2 aromatic heterocycles. The molecule has 2 amide bonds. The number of nitrogens with two attached hydrogens (primary N) is 1. The van der Waals surface area contributed by atoms with E-state index in [0.29, 0.717) is 6.54 Å². The molecule has 8 heteroatoms. The summed E-state index contributed by atoms with van der Waals surface area (Å²) < 4.78 is 5.31. The third-order valence-electron chi connectivity index (χ3n) is 4.51. The Labute approximate surface area is 145 Å². The summed E-state index contributed by atoms with van der Waals surface area (Å²) in [5, 5.41) is 9.78. The van der Waals surface area contributed by atoms with Crippen LogP contribution in [-0.2, 0) is 4.79 Å². The van der Waals surface area contributed by atoms with E-state index >= 15 is 0 Å². The molecular formula is C17H23N5O3. The second kappa shape index (κ2) is 7.52. The number of hydrogen-bond donors (Lipinski definition) is 3. The van der Waals surface area contributed by atoms with Gasteiger partial charge in [-0.1, -0.05) is 0 Å². The molecule has 8 nitrogen and oxygen atoms in total. The third kappa shape index (κ3) is 4.27. The highest BCUT2D eigenvalue weighted by Crippen LogP contribution is 2.25. The van der Waals surface area contributed by atoms with Gasteiger partial charge >= 0.3 is 0 Å². The van der Waals surface area contributed by atoms with Crippen LogP contribution in [0.3, 0.4) is 0 Å². The van der Waals surface area contributed by atoms with Crippen molar-refractivity contribution in [3.05, 3.63) is 41.6 Å². The number of aromatic nitrogens is 2. The van der Waals surface area contributed by atoms with Gasteiger partial charge in [0.05, 0.1) is 18.8 Å². The van der Waals surface area contributed by atoms with Crippen LogP contribution in [0.15, 0.2) is 28.9 Å². The molecule has 4 N–H and O–H groups in total. The Morgan fingerprint density at radius 2 is 2.40 bits per heavy atom. The summed E-state index contributed by atoms with van der Waals surface area (Å²) in [4.78, 5) is 25.6. The average molecular weight is 345 g/mol. The molecule has 0 spiro atoms. The van der Waals surface area contributed by atoms with Gasteiger partial charge in [-0.15, -0.1) is 0 Å². The number of furan rings is 1. The second-order valence-corrected chi connectivity index (χ2v) is 6.45. The molecule has 3 rings (SSSR count). The largest absolute Gasteiger partial charge is 0.467 e. The fraction of sp³-hybridized carbons (Fsp3) is 0.471. The molecule has 0 saturated carbocycles. The number of carbonyl (C=O) groups is 2. The Hall–Kier alpha value is -2.61. The Kier molecular flexibility index (Phi) is 5.18. The first kappa shape index (κ1) is 17.2. The summed E-state index contributed by atoms with van der Waals surface area (Å²) in [6, 6.07) is 5.19. The van der Waals surface area contributed by atoms with Crippen LogP contribution < -0.4 is 11.1 Å². The van der Waals surface area contributed by atoms with Crippen LogP contribution in [0, 0.1) is 0 Å². The lowest BCUT2D eigenvalue weighted by Crippen LogP contribution is -2.42. The zero-order chi connectivity index (χ0) is 17.8. The predicted molar refractivity (Wildman–Crippen MR) is 90.8 cm³/mol. The molecule has 0 unspecified atom stereocenters. The van der Waals surface area contributed by atoms with Gasteiger partial charge in [0.1, 0.15) is 11.5 Å². The number of nitrogens with one attached hydrogen (secondary N) is 2. The molecule has 1 fully saturated rings. The van der Waals surface area contributed by atoms with E-state index in [4.69, 9.17) is 10.2 Å². The molecule has 0 radical (unpaired) electrons. The highest BCUT2D eigenvalue weighted by atomic mass is 16.3. The number of H-pyrrole nitrogens is 1. The number of amides is 2. The number of rotatable bonds is 6. The van der Waals surface area contributed by atoms with E-state index in [1.165, 1.54) is 0 Å². The average Bonchev–Trinajstić information content (AvgIpc) is 3.27. The Balaban J connectivity index is 1.54. The van der Waals surface area contributed by atoms with Crippen molar-refractivity contribution in [2.45, 2.75) is 31.7 Å². The molecule has 2 atom stereocenters. The summed E-state index contributed by atoms with van der Waals surface area (Å²) in [6.45, 7) is 3.84. The van der Waals surface area contributed by atoms with Crippen LogP contribution in [0.4, 0.5) is 0 Å². The molecule has 3 heterocycles. The van der Waals surface area contributed by atoms with Gasteiger partial charge in [0.2, 0.25) is 5.91 Å². The van der Waals surface area contributed by atoms with E-state index in [1.54, 1.807) is 18.4 Å². The van der Waals surface area contributed by atoms with E-state index < -0.39 is 5.91 Å². The van der Waals surface area contributed by atoms with E-state index in [-0.39, 0.29) is 23.6 Å². The molecule has 2 aromatic rings. The van der Waals surface area contributed by atoms with Crippen LogP contribution in [0.25, 0.3) is 0 Å². The zero-order valence-electron chi connectivity index (χ0n) is 14.2. The third-order valence-corrected chi connectivity index (χ3v) is 4.51. The minimum atomic E-state index is -0.540. The van der Waals surface area contributed by atoms with Gasteiger partial charge in [-0.05, 0) is 44.5 Å². The van der Waals surface area contributed by atoms with Crippen LogP contribution >= 0.6 is 0 Å². The predicted octanol–water partition coefficient (Wildman–Crippen LogP) is 1.16. The molecule has 1 saturated heterocycles. The minimum absolute atomic E-state index is 0.0352. The summed E-state index contributed by atoms with van der Waals surface area (Å²) in [5.41, 5.74) is 6.38. The van der Waals surface area contributed by atoms with Gasteiger partial charge in [-0.2, -0.15) is 5.10 Å². The Morgan fingerprint density at radius 1 is 1.56 bits per heavy atom. The smallest absolute Gasteiger partial charge is 0.269 e. The summed E-state index contributed by atoms with van der Waals surface area (Å²) in [6.07, 6.45) is 3.57. The Bertz CT molecular complexity index is 724. The normalized spacial score (nSPS) is 19.5. The van der Waals surface area contributed by atoms with E-state index in [1.807, 2.05) is 13.0 Å². The molecule has 1 aliphatic heterocycles. The van der Waals surface area contributed by atoms with Crippen LogP contribution in [-0.4, -0.2) is 46.5 Å². The highest BCUT2D eigenvalue weighted by molar-refractivity contribution is 5.90. The van der Waals surface area contributed by atoms with Crippen LogP contribution in [0.5, 0.6) is 0 Å². The summed E-state index contributed by atoms with van der Waals surface area (Å²) in [5.74, 6) is 0.374. The number of hydrogen-bond acceptors (Lipinski definition) is 5. The van der Waals surface area contributed by atoms with E-state index in [9.17, 15) is 9.59 Å². The molecule has 0 aliphatic carbocycles. The van der Waals surface area contributed by atoms with Crippen molar-refractivity contribution in [1.82, 2.24) is 20.4 Å². The maximum atomic E-state index is 12.3. The number of piperidine rings is 1. The number of carbonyl (C=O) groups excluding carboxylic acids is 2. The van der Waals surface area contributed by atoms with Crippen molar-refractivity contribution in [2.75, 3.05) is 19.6 Å². The molecule has 1 aliphatic rings. The maximum absolute atomic E-state index is 12.3. The molecule has 134 valence electrons. The summed E-state index contributed by atoms with van der Waals surface area (Å²) >= 11 is 0. The van der Waals surface area contributed by atoms with Crippen LogP contribution in [0.1, 0.15) is 53.7 Å². The second-order valence-electron chi connectivity index (χ2n) is 6.45. The number of likely N-dealkylation sites (tertiary alicyclic amines) is 1. The molecule has 25 heavy (non-hydrogen) atoms. The lowest BCUT2D eigenvalue weighted by Gasteiger charge is -2.31. The maximum Gasteiger partial charge on any atom is 0.269 e. The number of nitrogens with zero attached hydrogens (tertiary/aromatic N) is 2. The van der Waals surface area contributed by atoms with Gasteiger partial charge < -0.3 is 15.5 Å². The number of primary amides is 1. The topological polar surface area (TPSA) is 117 Å². The fourth-order valence-electron chi connectivity index (χ4n) is 3.22. The lowest BCUT2D eigenvalue weighted by molar-refractivity contribution is -0.123. The quantitative estimate of drug-likeness (QED) is 0.726. The highest BCUT2D eigenvalue weighted by Gasteiger charge is 2.25. The van der Waals surface area contributed by atoms with Crippen molar-refractivity contribution >= 4 is 11.8 Å². The van der Waals surface area contributed by atoms with E-state index in [2.05, 4.69) is 20.4 Å². The zero-order valence-corrected chi connectivity index (χ0v) is 14.2. The van der Waals surface area contributed by atoms with Crippen molar-refractivity contribution in [3.63, 3.8) is 0 Å². The Morgan fingerprint density at radius 3 is 3.08 bits per heavy atom. The summed E-state index contributed by atoms with van der Waals surface area (Å²) in [7, 11) is 0. The molecular weight excluding hydrogens is 322 g/mol. The van der Waals surface area contributed by atoms with Crippen molar-refractivity contribution in [3.8, 4) is 0 Å². The minimum Gasteiger partial charge on any atom is -0.467 e. The SMILES string of the molecule is C[C@H](NC(=O)CN1CCC[C@@H](c2cc(C(N)=O)n[nH]2)C1)c1ccco1. The van der Waals surface area contributed by atoms with E-state index in [0.717, 1.165) is 37.4 Å². The fourth-order valence-corrected chi connectivity index (χ4v) is 3.22. The lowest BCUT2D eigenvalue weighted by atomic mass is 9.94. The first-order valence-corrected chi connectivity index (χ1v) is 8.43. The molecule has 0 aromatic carbocycles. The van der Waals surface area contributed by atoms with Crippen molar-refractivity contribution < 1.29 is 14.0 Å². The first-order chi connectivity index (χ1) is 12.0. The van der Waals surface area contributed by atoms with Crippen molar-refractivity contribution in [1.29, 1.82) is 0 Å².